The number of hydrogen-bond acceptors (Lipinski definition) is 5. The number of amides is 1. The van der Waals surface area contributed by atoms with Gasteiger partial charge in [0, 0.05) is 35.7 Å². The van der Waals surface area contributed by atoms with Crippen LogP contribution in [0.5, 0.6) is 0 Å². The second-order valence-corrected chi connectivity index (χ2v) is 13.7. The summed E-state index contributed by atoms with van der Waals surface area (Å²) in [6, 6.07) is 0.00444. The van der Waals surface area contributed by atoms with Crippen LogP contribution >= 0.6 is 11.8 Å². The summed E-state index contributed by atoms with van der Waals surface area (Å²) >= 11 is 1.76. The van der Waals surface area contributed by atoms with Crippen molar-refractivity contribution in [1.29, 1.82) is 0 Å². The van der Waals surface area contributed by atoms with E-state index in [1.165, 1.54) is 6.08 Å². The summed E-state index contributed by atoms with van der Waals surface area (Å²) in [7, 11) is 0. The van der Waals surface area contributed by atoms with Gasteiger partial charge in [-0.05, 0) is 88.0 Å². The van der Waals surface area contributed by atoms with Crippen LogP contribution in [0.1, 0.15) is 90.9 Å². The Morgan fingerprint density at radius 2 is 1.97 bits per heavy atom. The van der Waals surface area contributed by atoms with Crippen molar-refractivity contribution in [3.8, 4) is 0 Å². The molecule has 0 aromatic rings. The maximum atomic E-state index is 14.1. The van der Waals surface area contributed by atoms with Gasteiger partial charge in [0.2, 0.25) is 5.91 Å². The Bertz CT molecular complexity index is 892. The summed E-state index contributed by atoms with van der Waals surface area (Å²) in [5.41, 5.74) is -0.442. The van der Waals surface area contributed by atoms with Crippen molar-refractivity contribution in [1.82, 2.24) is 4.90 Å². The van der Waals surface area contributed by atoms with Gasteiger partial charge in [-0.15, -0.1) is 11.8 Å². The summed E-state index contributed by atoms with van der Waals surface area (Å²) in [6.45, 7) is 4.45. The minimum absolute atomic E-state index is 0.00441. The molecule has 1 saturated heterocycles. The van der Waals surface area contributed by atoms with Crippen LogP contribution in [0, 0.1) is 23.7 Å². The lowest BCUT2D eigenvalue weighted by molar-refractivity contribution is -0.137. The summed E-state index contributed by atoms with van der Waals surface area (Å²) in [5.74, 6) is 1.34. The van der Waals surface area contributed by atoms with Gasteiger partial charge < -0.3 is 19.8 Å². The minimum atomic E-state index is -4.35. The number of allylic oxidation sites excluding steroid dienone is 3. The number of aliphatic hydroxyl groups excluding tert-OH is 1. The number of nitrogens with zero attached hydrogens (tertiary/aromatic N) is 1. The Hall–Kier alpha value is -1.19. The van der Waals surface area contributed by atoms with Gasteiger partial charge in [-0.2, -0.15) is 13.2 Å². The van der Waals surface area contributed by atoms with Crippen molar-refractivity contribution in [2.75, 3.05) is 13.2 Å². The maximum absolute atomic E-state index is 14.1. The zero-order chi connectivity index (χ0) is 28.2. The second kappa shape index (κ2) is 13.6. The first-order valence-electron chi connectivity index (χ1n) is 15.0. The van der Waals surface area contributed by atoms with Crippen LogP contribution in [-0.2, 0) is 9.53 Å². The molecule has 2 fully saturated rings. The Labute approximate surface area is 235 Å². The average molecular weight is 574 g/mol. The van der Waals surface area contributed by atoms with Crippen molar-refractivity contribution in [3.63, 3.8) is 0 Å². The molecular formula is C30H46F3NO4S. The van der Waals surface area contributed by atoms with Crippen LogP contribution in [-0.4, -0.2) is 63.2 Å². The molecule has 5 nitrogen and oxygen atoms in total. The SMILES string of the molecule is CCC(C)CC1CCC2SC(CC3C=C(OCC(O)O)CCC3)C(=O)N(CC3CCCC=C3C(F)(F)F)C2C1. The van der Waals surface area contributed by atoms with Gasteiger partial charge in [-0.25, -0.2) is 0 Å². The highest BCUT2D eigenvalue weighted by Gasteiger charge is 2.48. The number of rotatable bonds is 10. The molecule has 0 radical (unpaired) electrons. The fraction of sp³-hybridized carbons (Fsp3) is 0.833. The normalized spacial score (nSPS) is 32.9. The lowest BCUT2D eigenvalue weighted by atomic mass is 9.78. The number of aliphatic hydroxyl groups is 2. The molecule has 1 aliphatic heterocycles. The molecule has 1 saturated carbocycles. The van der Waals surface area contributed by atoms with Gasteiger partial charge in [0.05, 0.1) is 11.0 Å². The molecule has 0 spiro atoms. The molecule has 7 unspecified atom stereocenters. The quantitative estimate of drug-likeness (QED) is 0.228. The van der Waals surface area contributed by atoms with Gasteiger partial charge in [0.1, 0.15) is 6.61 Å². The van der Waals surface area contributed by atoms with E-state index in [0.717, 1.165) is 63.5 Å². The molecular weight excluding hydrogens is 527 g/mol. The average Bonchev–Trinajstić information content (AvgIpc) is 2.90. The van der Waals surface area contributed by atoms with Crippen LogP contribution in [0.4, 0.5) is 13.2 Å². The zero-order valence-corrected chi connectivity index (χ0v) is 24.2. The van der Waals surface area contributed by atoms with Crippen molar-refractivity contribution in [2.45, 2.75) is 120 Å². The van der Waals surface area contributed by atoms with E-state index in [1.807, 2.05) is 11.0 Å². The van der Waals surface area contributed by atoms with Crippen LogP contribution in [0.3, 0.4) is 0 Å². The zero-order valence-electron chi connectivity index (χ0n) is 23.4. The van der Waals surface area contributed by atoms with E-state index in [0.29, 0.717) is 31.1 Å². The molecule has 1 amide bonds. The topological polar surface area (TPSA) is 70.0 Å². The van der Waals surface area contributed by atoms with E-state index in [4.69, 9.17) is 14.9 Å². The van der Waals surface area contributed by atoms with Crippen molar-refractivity contribution < 1.29 is 32.9 Å². The fourth-order valence-electron chi connectivity index (χ4n) is 7.09. The number of fused-ring (bicyclic) bond motifs is 1. The molecule has 3 aliphatic carbocycles. The van der Waals surface area contributed by atoms with Crippen molar-refractivity contribution in [2.24, 2.45) is 23.7 Å². The molecule has 4 aliphatic rings. The summed E-state index contributed by atoms with van der Waals surface area (Å²) < 4.78 is 47.3. The van der Waals surface area contributed by atoms with E-state index >= 15 is 0 Å². The summed E-state index contributed by atoms with van der Waals surface area (Å²) in [6.07, 6.45) is 7.60. The van der Waals surface area contributed by atoms with Gasteiger partial charge in [0.15, 0.2) is 6.29 Å². The van der Waals surface area contributed by atoms with E-state index < -0.39 is 24.0 Å². The largest absolute Gasteiger partial charge is 0.493 e. The molecule has 9 heteroatoms. The predicted octanol–water partition coefficient (Wildman–Crippen LogP) is 6.59. The first-order chi connectivity index (χ1) is 18.5. The molecule has 0 aromatic carbocycles. The van der Waals surface area contributed by atoms with Crippen LogP contribution in [0.25, 0.3) is 0 Å². The number of ether oxygens (including phenoxy) is 1. The van der Waals surface area contributed by atoms with Crippen LogP contribution < -0.4 is 0 Å². The molecule has 2 N–H and O–H groups in total. The predicted molar refractivity (Wildman–Crippen MR) is 148 cm³/mol. The smallest absolute Gasteiger partial charge is 0.412 e. The Balaban J connectivity index is 1.52. The molecule has 0 bridgehead atoms. The molecule has 0 aromatic heterocycles. The number of carbonyl (C=O) groups excluding carboxylic acids is 1. The Kier molecular flexibility index (Phi) is 10.8. The third-order valence-corrected chi connectivity index (χ3v) is 10.9. The lowest BCUT2D eigenvalue weighted by Gasteiger charge is -2.50. The number of thioether (sulfide) groups is 1. The van der Waals surface area contributed by atoms with Crippen molar-refractivity contribution in [3.05, 3.63) is 23.5 Å². The monoisotopic (exact) mass is 573 g/mol. The highest BCUT2D eigenvalue weighted by Crippen LogP contribution is 2.47. The highest BCUT2D eigenvalue weighted by atomic mass is 32.2. The summed E-state index contributed by atoms with van der Waals surface area (Å²) in [5, 5.41) is 18.3. The number of hydrogen-bond donors (Lipinski definition) is 2. The highest BCUT2D eigenvalue weighted by molar-refractivity contribution is 8.01. The molecule has 39 heavy (non-hydrogen) atoms. The molecule has 1 heterocycles. The number of alkyl halides is 3. The van der Waals surface area contributed by atoms with E-state index in [-0.39, 0.29) is 41.5 Å². The van der Waals surface area contributed by atoms with Gasteiger partial charge in [-0.3, -0.25) is 4.79 Å². The van der Waals surface area contributed by atoms with Gasteiger partial charge in [-0.1, -0.05) is 26.3 Å². The number of halogens is 3. The third-order valence-electron chi connectivity index (χ3n) is 9.25. The third kappa shape index (κ3) is 8.19. The molecule has 4 rings (SSSR count). The molecule has 7 atom stereocenters. The minimum Gasteiger partial charge on any atom is -0.493 e. The fourth-order valence-corrected chi connectivity index (χ4v) is 8.83. The summed E-state index contributed by atoms with van der Waals surface area (Å²) in [4.78, 5) is 15.9. The van der Waals surface area contributed by atoms with E-state index in [9.17, 15) is 18.0 Å². The standard InChI is InChI=1S/C30H46F3NO4S/c1-3-19(2)13-21-11-12-26-25(15-21)34(17-22-8-4-5-10-24(22)30(31,32)33)29(37)27(39-26)16-20-7-6-9-23(14-20)38-18-28(35)36/h10,14,19-22,25-28,35-36H,3-9,11-13,15-18H2,1-2H3. The first-order valence-corrected chi connectivity index (χ1v) is 15.9. The van der Waals surface area contributed by atoms with E-state index in [2.05, 4.69) is 13.8 Å². The van der Waals surface area contributed by atoms with Gasteiger partial charge >= 0.3 is 6.18 Å². The Morgan fingerprint density at radius 3 is 2.69 bits per heavy atom. The van der Waals surface area contributed by atoms with E-state index in [1.54, 1.807) is 11.8 Å². The Morgan fingerprint density at radius 1 is 1.18 bits per heavy atom. The van der Waals surface area contributed by atoms with Crippen LogP contribution in [0.15, 0.2) is 23.5 Å². The number of carbonyl (C=O) groups is 1. The van der Waals surface area contributed by atoms with Crippen molar-refractivity contribution >= 4 is 17.7 Å². The van der Waals surface area contributed by atoms with Crippen LogP contribution in [0.2, 0.25) is 0 Å². The second-order valence-electron chi connectivity index (χ2n) is 12.2. The van der Waals surface area contributed by atoms with Gasteiger partial charge in [0.25, 0.3) is 0 Å². The molecule has 222 valence electrons. The lowest BCUT2D eigenvalue weighted by Crippen LogP contribution is -2.58. The maximum Gasteiger partial charge on any atom is 0.412 e. The first kappa shape index (κ1) is 30.8.